The minimum atomic E-state index is -0.688. The highest BCUT2D eigenvalue weighted by atomic mass is 35.5. The standard InChI is InChI=1S/C28H27N5O.C18H15N3O.C17H13ClN4.C17H13N3O/c1-17-13-24-30-18(2)22-14-23(19-7-5-4-6-8-19)25(31-26(22)33(24)32-17)20-9-11-21(12-10-20)28(29)15-27(3,34)16-28;1-11-8-18-19-12(2)14-9-15(13-6-4-3-5-7-13)17(22)10-16(14)21(18)20-11;1-10-8-15-19-11(2)13-9-14(12-6-4-3-5-7-12)16(18)20-17(13)22(15)21-10;1-11-7-17-18-10-13-8-14(12-5-3-2-4-6-12)16(21)9-15(13)20(17)19-11/h4-14,34H,15-16,29H2,1-3H3;3-9H,10H2,1-2H3;3-9H,1-2H3;2-8,10H,9H2,1H3. The number of Topliss-reactive ketones (excluding diaryl/α,β-unsaturated/α-hetero) is 2. The van der Waals surface area contributed by atoms with Gasteiger partial charge in [-0.2, -0.15) is 29.4 Å². The molecule has 19 heteroatoms. The minimum Gasteiger partial charge on any atom is -0.390 e. The topological polar surface area (TPSA) is 227 Å². The average molecular weight is 1320 g/mol. The molecule has 0 spiro atoms. The third-order valence-corrected chi connectivity index (χ3v) is 18.7. The Morgan fingerprint density at radius 1 is 0.455 bits per heavy atom. The monoisotopic (exact) mass is 1320 g/mol. The number of aromatic nitrogens is 14. The van der Waals surface area contributed by atoms with Crippen LogP contribution in [0.25, 0.3) is 101 Å². The first-order chi connectivity index (χ1) is 47.7. The van der Waals surface area contributed by atoms with E-state index in [4.69, 9.17) is 27.3 Å². The van der Waals surface area contributed by atoms with Crippen molar-refractivity contribution in [1.29, 1.82) is 0 Å². The molecule has 3 aliphatic rings. The van der Waals surface area contributed by atoms with Crippen molar-refractivity contribution < 1.29 is 14.7 Å². The number of fused-ring (bicyclic) bond motifs is 12. The second kappa shape index (κ2) is 25.1. The Kier molecular flexibility index (Phi) is 16.1. The van der Waals surface area contributed by atoms with E-state index in [9.17, 15) is 14.7 Å². The van der Waals surface area contributed by atoms with Crippen molar-refractivity contribution in [3.63, 3.8) is 0 Å². The van der Waals surface area contributed by atoms with Gasteiger partial charge < -0.3 is 10.8 Å². The van der Waals surface area contributed by atoms with Gasteiger partial charge in [0.15, 0.2) is 45.4 Å². The molecule has 0 unspecified atom stereocenters. The molecule has 0 radical (unpaired) electrons. The summed E-state index contributed by atoms with van der Waals surface area (Å²) >= 11 is 6.42. The van der Waals surface area contributed by atoms with Gasteiger partial charge in [0.1, 0.15) is 5.15 Å². The Morgan fingerprint density at radius 2 is 0.879 bits per heavy atom. The molecule has 18 nitrogen and oxygen atoms in total. The molecule has 3 aliphatic carbocycles. The van der Waals surface area contributed by atoms with E-state index >= 15 is 0 Å². The van der Waals surface area contributed by atoms with Gasteiger partial charge in [-0.3, -0.25) is 9.59 Å². The van der Waals surface area contributed by atoms with Gasteiger partial charge in [0.25, 0.3) is 0 Å². The van der Waals surface area contributed by atoms with E-state index in [1.165, 1.54) is 0 Å². The summed E-state index contributed by atoms with van der Waals surface area (Å²) < 4.78 is 7.16. The fraction of sp³-hybridized carbons (Fsp3) is 0.175. The first-order valence-corrected chi connectivity index (χ1v) is 33.1. The number of nitrogens with zero attached hydrogens (tertiary/aromatic N) is 14. The number of halogens is 1. The average Bonchev–Trinajstić information content (AvgIpc) is 1.53. The zero-order valence-electron chi connectivity index (χ0n) is 55.9. The van der Waals surface area contributed by atoms with Crippen LogP contribution in [0.2, 0.25) is 5.15 Å². The number of nitrogens with two attached hydrogens (primary N) is 1. The highest BCUT2D eigenvalue weighted by molar-refractivity contribution is 6.32. The van der Waals surface area contributed by atoms with Crippen LogP contribution in [0.3, 0.4) is 0 Å². The van der Waals surface area contributed by atoms with E-state index in [0.717, 1.165) is 168 Å². The molecule has 99 heavy (non-hydrogen) atoms. The predicted molar refractivity (Wildman–Crippen MR) is 389 cm³/mol. The van der Waals surface area contributed by atoms with Crippen molar-refractivity contribution in [2.75, 3.05) is 0 Å². The maximum Gasteiger partial charge on any atom is 0.169 e. The molecule has 1 saturated carbocycles. The van der Waals surface area contributed by atoms with Gasteiger partial charge in [0.05, 0.1) is 69.7 Å². The lowest BCUT2D eigenvalue weighted by molar-refractivity contribution is -0.114. The lowest BCUT2D eigenvalue weighted by atomic mass is 9.63. The van der Waals surface area contributed by atoms with Crippen LogP contribution in [-0.4, -0.2) is 90.6 Å². The van der Waals surface area contributed by atoms with Crippen LogP contribution >= 0.6 is 11.6 Å². The molecular formula is C80H68ClN15O3. The zero-order chi connectivity index (χ0) is 68.6. The van der Waals surface area contributed by atoms with E-state index in [2.05, 4.69) is 82.8 Å². The second-order valence-electron chi connectivity index (χ2n) is 26.2. The number of hydrogen-bond acceptors (Lipinski definition) is 14. The summed E-state index contributed by atoms with van der Waals surface area (Å²) in [5, 5.41) is 30.6. The number of carbonyl (C=O) groups excluding carboxylic acids is 2. The highest BCUT2D eigenvalue weighted by Gasteiger charge is 2.49. The second-order valence-corrected chi connectivity index (χ2v) is 26.5. The Bertz CT molecular complexity index is 5790. The molecule has 5 aromatic carbocycles. The van der Waals surface area contributed by atoms with Crippen molar-refractivity contribution in [3.05, 3.63) is 272 Å². The molecule has 0 bridgehead atoms. The first kappa shape index (κ1) is 63.5. The SMILES string of the molecule is Cc1cc2nc(C)c3c(n2n1)CC(=O)C(c1ccccc1)=C3.Cc1cc2nc(C)c3cc(-c4ccccc4)c(-c4ccc(C5(N)CC(C)(O)C5)cc4)nc3n2n1.Cc1cc2nc(C)c3cc(-c4ccccc4)c(Cl)nc3n2n1.Cc1cc2ncc3c(n2n1)CC(=O)C(c1ccccc1)=C3. The van der Waals surface area contributed by atoms with Crippen LogP contribution in [0.1, 0.15) is 98.8 Å². The molecule has 15 aromatic rings. The van der Waals surface area contributed by atoms with Gasteiger partial charge in [0, 0.05) is 91.4 Å². The van der Waals surface area contributed by atoms with Gasteiger partial charge in [-0.05, 0) is 120 Å². The van der Waals surface area contributed by atoms with E-state index < -0.39 is 11.1 Å². The summed E-state index contributed by atoms with van der Waals surface area (Å²) in [4.78, 5) is 53.2. The van der Waals surface area contributed by atoms with Crippen molar-refractivity contribution in [2.24, 2.45) is 5.73 Å². The number of ketones is 2. The molecule has 488 valence electrons. The normalized spacial score (nSPS) is 16.3. The number of hydrogen-bond donors (Lipinski definition) is 2. The number of aliphatic hydroxyl groups is 1. The number of aryl methyl sites for hydroxylation is 7. The molecule has 18 rings (SSSR count). The molecule has 1 fully saturated rings. The summed E-state index contributed by atoms with van der Waals surface area (Å²) in [6.45, 7) is 15.6. The molecular weight excluding hydrogens is 1250 g/mol. The van der Waals surface area contributed by atoms with Crippen molar-refractivity contribution >= 4 is 91.1 Å². The van der Waals surface area contributed by atoms with Crippen LogP contribution in [-0.2, 0) is 28.0 Å². The summed E-state index contributed by atoms with van der Waals surface area (Å²) in [5.74, 6) is 0.244. The lowest BCUT2D eigenvalue weighted by Gasteiger charge is -2.49. The predicted octanol–water partition coefficient (Wildman–Crippen LogP) is 14.9. The number of pyridine rings is 2. The molecule has 0 amide bonds. The summed E-state index contributed by atoms with van der Waals surface area (Å²) in [7, 11) is 0. The maximum absolute atomic E-state index is 12.6. The van der Waals surface area contributed by atoms with Gasteiger partial charge in [0.2, 0.25) is 0 Å². The molecule has 0 saturated heterocycles. The van der Waals surface area contributed by atoms with Crippen LogP contribution in [0.15, 0.2) is 188 Å². The van der Waals surface area contributed by atoms with Gasteiger partial charge in [-0.1, -0.05) is 157 Å². The van der Waals surface area contributed by atoms with Gasteiger partial charge in [-0.25, -0.2) is 38.9 Å². The van der Waals surface area contributed by atoms with E-state index in [1.54, 1.807) is 13.5 Å². The zero-order valence-corrected chi connectivity index (χ0v) is 56.6. The molecule has 3 N–H and O–H groups in total. The van der Waals surface area contributed by atoms with Crippen molar-refractivity contribution in [3.8, 4) is 33.5 Å². The van der Waals surface area contributed by atoms with Crippen LogP contribution in [0.5, 0.6) is 0 Å². The quantitative estimate of drug-likeness (QED) is 0.148. The van der Waals surface area contributed by atoms with E-state index in [-0.39, 0.29) is 11.6 Å². The van der Waals surface area contributed by atoms with Crippen LogP contribution in [0.4, 0.5) is 0 Å². The van der Waals surface area contributed by atoms with Gasteiger partial charge >= 0.3 is 0 Å². The first-order valence-electron chi connectivity index (χ1n) is 32.8. The third kappa shape index (κ3) is 12.1. The Labute approximate surface area is 574 Å². The summed E-state index contributed by atoms with van der Waals surface area (Å²) in [6.07, 6.45) is 7.53. The number of allylic oxidation sites excluding steroid dienone is 2. The molecule has 0 atom stereocenters. The number of rotatable bonds is 6. The fourth-order valence-electron chi connectivity index (χ4n) is 13.9. The molecule has 10 aromatic heterocycles. The van der Waals surface area contributed by atoms with Crippen LogP contribution < -0.4 is 5.73 Å². The van der Waals surface area contributed by atoms with Crippen molar-refractivity contribution in [2.45, 2.75) is 92.2 Å². The largest absolute Gasteiger partial charge is 0.390 e. The maximum atomic E-state index is 12.6. The molecule has 10 heterocycles. The number of benzene rings is 5. The third-order valence-electron chi connectivity index (χ3n) is 18.4. The minimum absolute atomic E-state index is 0.120. The molecule has 0 aliphatic heterocycles. The number of carbonyl (C=O) groups is 2. The summed E-state index contributed by atoms with van der Waals surface area (Å²) in [6, 6.07) is 60.1. The van der Waals surface area contributed by atoms with Crippen molar-refractivity contribution in [1.82, 2.24) is 68.4 Å². The highest BCUT2D eigenvalue weighted by Crippen LogP contribution is 2.47. The Morgan fingerprint density at radius 3 is 1.40 bits per heavy atom. The van der Waals surface area contributed by atoms with E-state index in [1.807, 2.05) is 218 Å². The van der Waals surface area contributed by atoms with E-state index in [0.29, 0.717) is 30.8 Å². The smallest absolute Gasteiger partial charge is 0.169 e. The Hall–Kier alpha value is -11.6. The lowest BCUT2D eigenvalue weighted by Crippen LogP contribution is -2.58. The Balaban J connectivity index is 0.000000110. The summed E-state index contributed by atoms with van der Waals surface area (Å²) in [5.41, 5.74) is 30.7. The fourth-order valence-corrected chi connectivity index (χ4v) is 14.1. The van der Waals surface area contributed by atoms with Crippen LogP contribution in [0, 0.1) is 48.5 Å². The van der Waals surface area contributed by atoms with Gasteiger partial charge in [-0.15, -0.1) is 0 Å².